The van der Waals surface area contributed by atoms with E-state index < -0.39 is 5.60 Å². The van der Waals surface area contributed by atoms with Crippen LogP contribution in [0.4, 0.5) is 10.2 Å². The number of ether oxygens (including phenoxy) is 1. The highest BCUT2D eigenvalue weighted by atomic mass is 19.1. The topological polar surface area (TPSA) is 75.9 Å². The normalized spacial score (nSPS) is 15.0. The summed E-state index contributed by atoms with van der Waals surface area (Å²) in [5.41, 5.74) is -0.337. The molecule has 0 aliphatic carbocycles. The summed E-state index contributed by atoms with van der Waals surface area (Å²) in [5.74, 6) is 1.58. The lowest BCUT2D eigenvalue weighted by Gasteiger charge is -2.38. The fourth-order valence-corrected chi connectivity index (χ4v) is 3.42. The first kappa shape index (κ1) is 19.1. The standard InChI is InChI=1S/C20H23FN6O2/c1-14-22-23-17-8-9-18(24-27(14)17)25-10-12-26(13-11-25)19(28)20(2,3)29-16-6-4-15(21)5-7-16/h4-9H,10-13H2,1-3H3. The summed E-state index contributed by atoms with van der Waals surface area (Å²) in [6, 6.07) is 9.49. The average molecular weight is 398 g/mol. The molecule has 3 aromatic rings. The number of hydrogen-bond acceptors (Lipinski definition) is 6. The van der Waals surface area contributed by atoms with E-state index in [-0.39, 0.29) is 11.7 Å². The number of halogens is 1. The molecule has 3 heterocycles. The largest absolute Gasteiger partial charge is 0.478 e. The first-order valence-corrected chi connectivity index (χ1v) is 9.51. The number of fused-ring (bicyclic) bond motifs is 1. The number of carbonyl (C=O) groups is 1. The fourth-order valence-electron chi connectivity index (χ4n) is 3.42. The Bertz CT molecular complexity index is 1030. The summed E-state index contributed by atoms with van der Waals surface area (Å²) >= 11 is 0. The van der Waals surface area contributed by atoms with Crippen LogP contribution < -0.4 is 9.64 Å². The summed E-state index contributed by atoms with van der Waals surface area (Å²) < 4.78 is 20.6. The lowest BCUT2D eigenvalue weighted by molar-refractivity contribution is -0.145. The van der Waals surface area contributed by atoms with Crippen LogP contribution in [-0.2, 0) is 4.79 Å². The van der Waals surface area contributed by atoms with Crippen molar-refractivity contribution in [1.29, 1.82) is 0 Å². The van der Waals surface area contributed by atoms with E-state index in [1.165, 1.54) is 24.3 Å². The minimum Gasteiger partial charge on any atom is -0.478 e. The molecule has 9 heteroatoms. The molecule has 29 heavy (non-hydrogen) atoms. The van der Waals surface area contributed by atoms with Crippen molar-refractivity contribution in [3.8, 4) is 5.75 Å². The van der Waals surface area contributed by atoms with Crippen LogP contribution >= 0.6 is 0 Å². The van der Waals surface area contributed by atoms with Gasteiger partial charge in [-0.05, 0) is 57.2 Å². The van der Waals surface area contributed by atoms with Gasteiger partial charge in [-0.15, -0.1) is 15.3 Å². The van der Waals surface area contributed by atoms with Gasteiger partial charge in [0, 0.05) is 26.2 Å². The van der Waals surface area contributed by atoms with Gasteiger partial charge in [-0.2, -0.15) is 4.52 Å². The number of amides is 1. The van der Waals surface area contributed by atoms with E-state index in [1.54, 1.807) is 23.3 Å². The molecule has 1 aliphatic heterocycles. The molecular weight excluding hydrogens is 375 g/mol. The van der Waals surface area contributed by atoms with Gasteiger partial charge >= 0.3 is 0 Å². The average Bonchev–Trinajstić information content (AvgIpc) is 3.09. The zero-order chi connectivity index (χ0) is 20.6. The van der Waals surface area contributed by atoms with E-state index in [2.05, 4.69) is 20.2 Å². The quantitative estimate of drug-likeness (QED) is 0.670. The first-order valence-electron chi connectivity index (χ1n) is 9.51. The van der Waals surface area contributed by atoms with Crippen molar-refractivity contribution in [2.24, 2.45) is 0 Å². The van der Waals surface area contributed by atoms with Crippen LogP contribution in [0.3, 0.4) is 0 Å². The number of piperazine rings is 1. The maximum Gasteiger partial charge on any atom is 0.266 e. The third kappa shape index (κ3) is 3.85. The molecule has 0 N–H and O–H groups in total. The Hall–Kier alpha value is -3.23. The lowest BCUT2D eigenvalue weighted by Crippen LogP contribution is -2.56. The van der Waals surface area contributed by atoms with E-state index >= 15 is 0 Å². The van der Waals surface area contributed by atoms with Crippen molar-refractivity contribution in [2.75, 3.05) is 31.1 Å². The third-order valence-electron chi connectivity index (χ3n) is 5.00. The number of aromatic nitrogens is 4. The van der Waals surface area contributed by atoms with E-state index in [4.69, 9.17) is 4.74 Å². The van der Waals surface area contributed by atoms with Crippen molar-refractivity contribution < 1.29 is 13.9 Å². The molecule has 0 bridgehead atoms. The molecule has 0 unspecified atom stereocenters. The van der Waals surface area contributed by atoms with Crippen molar-refractivity contribution in [2.45, 2.75) is 26.4 Å². The Labute approximate surface area is 167 Å². The first-order chi connectivity index (χ1) is 13.8. The zero-order valence-electron chi connectivity index (χ0n) is 16.7. The second-order valence-corrected chi connectivity index (χ2v) is 7.55. The zero-order valence-corrected chi connectivity index (χ0v) is 16.7. The Kier molecular flexibility index (Phi) is 4.81. The molecule has 1 saturated heterocycles. The fraction of sp³-hybridized carbons (Fsp3) is 0.400. The summed E-state index contributed by atoms with van der Waals surface area (Å²) in [7, 11) is 0. The van der Waals surface area contributed by atoms with E-state index in [9.17, 15) is 9.18 Å². The summed E-state index contributed by atoms with van der Waals surface area (Å²) in [6.45, 7) is 7.78. The predicted molar refractivity (Wildman–Crippen MR) is 105 cm³/mol. The lowest BCUT2D eigenvalue weighted by atomic mass is 10.1. The molecular formula is C20H23FN6O2. The summed E-state index contributed by atoms with van der Waals surface area (Å²) in [6.07, 6.45) is 0. The Morgan fingerprint density at radius 3 is 2.41 bits per heavy atom. The molecule has 0 spiro atoms. The van der Waals surface area contributed by atoms with E-state index in [0.29, 0.717) is 37.6 Å². The van der Waals surface area contributed by atoms with Gasteiger partial charge in [0.25, 0.3) is 5.91 Å². The SMILES string of the molecule is Cc1nnc2ccc(N3CCN(C(=O)C(C)(C)Oc4ccc(F)cc4)CC3)nn12. The number of anilines is 1. The van der Waals surface area contributed by atoms with Gasteiger partial charge in [0.15, 0.2) is 17.1 Å². The van der Waals surface area contributed by atoms with Gasteiger partial charge in [0.2, 0.25) is 0 Å². The van der Waals surface area contributed by atoms with Crippen LogP contribution in [0.5, 0.6) is 5.75 Å². The molecule has 1 amide bonds. The number of carbonyl (C=O) groups excluding carboxylic acids is 1. The van der Waals surface area contributed by atoms with Crippen molar-refractivity contribution in [1.82, 2.24) is 24.7 Å². The Morgan fingerprint density at radius 1 is 1.03 bits per heavy atom. The van der Waals surface area contributed by atoms with Crippen molar-refractivity contribution >= 4 is 17.4 Å². The van der Waals surface area contributed by atoms with Gasteiger partial charge in [0.05, 0.1) is 0 Å². The second-order valence-electron chi connectivity index (χ2n) is 7.55. The van der Waals surface area contributed by atoms with Crippen LogP contribution in [-0.4, -0.2) is 62.4 Å². The molecule has 2 aromatic heterocycles. The highest BCUT2D eigenvalue weighted by molar-refractivity contribution is 5.85. The van der Waals surface area contributed by atoms with Crippen LogP contribution in [0.2, 0.25) is 0 Å². The van der Waals surface area contributed by atoms with Gasteiger partial charge in [0.1, 0.15) is 17.4 Å². The Balaban J connectivity index is 1.40. The Morgan fingerprint density at radius 2 is 1.72 bits per heavy atom. The molecule has 8 nitrogen and oxygen atoms in total. The maximum atomic E-state index is 13.1. The minimum atomic E-state index is -1.04. The summed E-state index contributed by atoms with van der Waals surface area (Å²) in [5, 5.41) is 12.7. The predicted octanol–water partition coefficient (Wildman–Crippen LogP) is 2.08. The monoisotopic (exact) mass is 398 g/mol. The number of nitrogens with zero attached hydrogens (tertiary/aromatic N) is 6. The smallest absolute Gasteiger partial charge is 0.266 e. The number of hydrogen-bond donors (Lipinski definition) is 0. The van der Waals surface area contributed by atoms with Gasteiger partial charge in [-0.25, -0.2) is 4.39 Å². The van der Waals surface area contributed by atoms with Gasteiger partial charge in [-0.1, -0.05) is 0 Å². The third-order valence-corrected chi connectivity index (χ3v) is 5.00. The molecule has 1 aromatic carbocycles. The van der Waals surface area contributed by atoms with E-state index in [1.807, 2.05) is 19.1 Å². The maximum absolute atomic E-state index is 13.1. The van der Waals surface area contributed by atoms with Crippen LogP contribution in [0.1, 0.15) is 19.7 Å². The minimum absolute atomic E-state index is 0.0976. The molecule has 1 aliphatic rings. The summed E-state index contributed by atoms with van der Waals surface area (Å²) in [4.78, 5) is 16.9. The van der Waals surface area contributed by atoms with Gasteiger partial charge in [-0.3, -0.25) is 4.79 Å². The molecule has 0 atom stereocenters. The van der Waals surface area contributed by atoms with Gasteiger partial charge < -0.3 is 14.5 Å². The molecule has 1 fully saturated rings. The van der Waals surface area contributed by atoms with Crippen molar-refractivity contribution in [3.05, 3.63) is 48.0 Å². The highest BCUT2D eigenvalue weighted by Gasteiger charge is 2.36. The number of rotatable bonds is 4. The van der Waals surface area contributed by atoms with E-state index in [0.717, 1.165) is 11.6 Å². The number of benzene rings is 1. The number of aryl methyl sites for hydroxylation is 1. The molecule has 4 rings (SSSR count). The van der Waals surface area contributed by atoms with Crippen LogP contribution in [0.15, 0.2) is 36.4 Å². The van der Waals surface area contributed by atoms with Crippen molar-refractivity contribution in [3.63, 3.8) is 0 Å². The second kappa shape index (κ2) is 7.31. The molecule has 0 saturated carbocycles. The van der Waals surface area contributed by atoms with Crippen LogP contribution in [0, 0.1) is 12.7 Å². The molecule has 0 radical (unpaired) electrons. The highest BCUT2D eigenvalue weighted by Crippen LogP contribution is 2.22. The van der Waals surface area contributed by atoms with Crippen LogP contribution in [0.25, 0.3) is 5.65 Å². The molecule has 152 valence electrons.